The van der Waals surface area contributed by atoms with Gasteiger partial charge in [0.05, 0.1) is 13.2 Å². The number of hydrogen-bond acceptors (Lipinski definition) is 10. The van der Waals surface area contributed by atoms with Gasteiger partial charge in [-0.15, -0.1) is 0 Å². The number of benzene rings is 3. The van der Waals surface area contributed by atoms with E-state index in [1.54, 1.807) is 48.5 Å². The number of rotatable bonds is 15. The first-order chi connectivity index (χ1) is 19.6. The fraction of sp³-hybridized carbons (Fsp3) is 0.241. The van der Waals surface area contributed by atoms with Crippen LogP contribution in [-0.4, -0.2) is 58.8 Å². The van der Waals surface area contributed by atoms with E-state index in [2.05, 4.69) is 48.5 Å². The minimum absolute atomic E-state index is 0.157. The zero-order valence-corrected chi connectivity index (χ0v) is 22.4. The monoisotopic (exact) mass is 542 g/mol. The van der Waals surface area contributed by atoms with Gasteiger partial charge in [-0.25, -0.2) is 0 Å². The van der Waals surface area contributed by atoms with E-state index in [1.165, 1.54) is 0 Å². The fourth-order valence-corrected chi connectivity index (χ4v) is 3.61. The number of carbonyl (C=O) groups excluding carboxylic acids is 1. The predicted molar refractivity (Wildman–Crippen MR) is 156 cm³/mol. The summed E-state index contributed by atoms with van der Waals surface area (Å²) in [5.41, 5.74) is 2.99. The van der Waals surface area contributed by atoms with Crippen LogP contribution in [0.1, 0.15) is 22.8 Å². The molecule has 0 radical (unpaired) electrons. The first-order valence-corrected chi connectivity index (χ1v) is 13.1. The lowest BCUT2D eigenvalue weighted by Crippen LogP contribution is -2.22. The average molecular weight is 543 g/mol. The van der Waals surface area contributed by atoms with E-state index < -0.39 is 0 Å². The molecular weight excluding hydrogens is 508 g/mol. The fourth-order valence-electron chi connectivity index (χ4n) is 3.61. The number of nitrogens with one attached hydrogen (secondary N) is 5. The summed E-state index contributed by atoms with van der Waals surface area (Å²) in [6.07, 6.45) is 0. The summed E-state index contributed by atoms with van der Waals surface area (Å²) in [6.45, 7) is 5.84. The van der Waals surface area contributed by atoms with Crippen molar-refractivity contribution in [3.05, 3.63) is 90.0 Å². The molecule has 11 heteroatoms. The molecule has 0 unspecified atom stereocenters. The van der Waals surface area contributed by atoms with Gasteiger partial charge in [0.2, 0.25) is 17.8 Å². The van der Waals surface area contributed by atoms with Crippen LogP contribution in [0.25, 0.3) is 0 Å². The maximum atomic E-state index is 12.6. The Kier molecular flexibility index (Phi) is 10.6. The Bertz CT molecular complexity index is 1340. The van der Waals surface area contributed by atoms with E-state index in [-0.39, 0.29) is 11.7 Å². The van der Waals surface area contributed by atoms with Crippen molar-refractivity contribution < 1.29 is 14.6 Å². The summed E-state index contributed by atoms with van der Waals surface area (Å²) in [7, 11) is 0. The van der Waals surface area contributed by atoms with Gasteiger partial charge in [-0.1, -0.05) is 37.3 Å². The maximum absolute atomic E-state index is 12.6. The molecule has 0 aliphatic heterocycles. The first-order valence-electron chi connectivity index (χ1n) is 13.1. The van der Waals surface area contributed by atoms with Gasteiger partial charge in [0.15, 0.2) is 0 Å². The Hall–Kier alpha value is -4.74. The van der Waals surface area contributed by atoms with Crippen molar-refractivity contribution in [2.45, 2.75) is 13.5 Å². The van der Waals surface area contributed by atoms with Crippen molar-refractivity contribution >= 4 is 35.1 Å². The molecular formula is C29H34N8O3. The van der Waals surface area contributed by atoms with E-state index >= 15 is 0 Å². The topological polar surface area (TPSA) is 145 Å². The van der Waals surface area contributed by atoms with Crippen molar-refractivity contribution in [2.75, 3.05) is 48.8 Å². The van der Waals surface area contributed by atoms with Crippen LogP contribution >= 0.6 is 0 Å². The van der Waals surface area contributed by atoms with E-state index in [4.69, 9.17) is 4.74 Å². The Balaban J connectivity index is 1.40. The van der Waals surface area contributed by atoms with E-state index in [9.17, 15) is 9.90 Å². The maximum Gasteiger partial charge on any atom is 0.251 e. The number of amides is 1. The highest BCUT2D eigenvalue weighted by atomic mass is 16.5. The Morgan fingerprint density at radius 1 is 0.775 bits per heavy atom. The van der Waals surface area contributed by atoms with Crippen LogP contribution in [0.3, 0.4) is 0 Å². The molecule has 0 aliphatic rings. The minimum Gasteiger partial charge on any atom is -0.508 e. The molecule has 0 saturated heterocycles. The zero-order chi connectivity index (χ0) is 28.0. The smallest absolute Gasteiger partial charge is 0.251 e. The molecule has 4 aromatic rings. The molecule has 0 spiro atoms. The number of ether oxygens (including phenoxy) is 1. The molecule has 3 aromatic carbocycles. The summed E-state index contributed by atoms with van der Waals surface area (Å²) in [4.78, 5) is 26.0. The van der Waals surface area contributed by atoms with Gasteiger partial charge >= 0.3 is 0 Å². The molecule has 0 saturated carbocycles. The van der Waals surface area contributed by atoms with Crippen molar-refractivity contribution in [3.8, 4) is 5.75 Å². The highest BCUT2D eigenvalue weighted by Crippen LogP contribution is 2.20. The van der Waals surface area contributed by atoms with Gasteiger partial charge in [0, 0.05) is 36.6 Å². The second kappa shape index (κ2) is 15.0. The van der Waals surface area contributed by atoms with Crippen LogP contribution in [-0.2, 0) is 11.3 Å². The molecule has 0 atom stereocenters. The molecule has 6 N–H and O–H groups in total. The number of phenols is 1. The number of phenolic OH excluding ortho intramolecular Hbond substituents is 1. The largest absolute Gasteiger partial charge is 0.508 e. The van der Waals surface area contributed by atoms with Crippen LogP contribution in [0.15, 0.2) is 78.9 Å². The Labute approximate surface area is 233 Å². The van der Waals surface area contributed by atoms with Crippen molar-refractivity contribution in [1.82, 2.24) is 25.6 Å². The lowest BCUT2D eigenvalue weighted by Gasteiger charge is -2.12. The van der Waals surface area contributed by atoms with Gasteiger partial charge in [0.1, 0.15) is 5.75 Å². The van der Waals surface area contributed by atoms with E-state index in [0.29, 0.717) is 61.1 Å². The SMILES string of the molecule is CCNCCOCCNc1nc(Nc2ccc(O)cc2)nc(Nc2ccc(C(=O)NCc3ccccc3)cc2)n1. The molecule has 208 valence electrons. The van der Waals surface area contributed by atoms with Gasteiger partial charge < -0.3 is 36.4 Å². The minimum atomic E-state index is -0.157. The van der Waals surface area contributed by atoms with Crippen molar-refractivity contribution in [1.29, 1.82) is 0 Å². The standard InChI is InChI=1S/C29H34N8O3/c1-2-30-16-18-40-19-17-31-27-35-28(37-29(36-27)34-24-12-14-25(38)15-13-24)33-23-10-8-22(9-11-23)26(39)32-20-21-6-4-3-5-7-21/h3-15,30,38H,2,16-20H2,1H3,(H,32,39)(H3,31,33,34,35,36,37). The molecule has 0 fully saturated rings. The number of aromatic hydroxyl groups is 1. The van der Waals surface area contributed by atoms with Crippen LogP contribution < -0.4 is 26.6 Å². The molecule has 1 heterocycles. The first kappa shape index (κ1) is 28.3. The highest BCUT2D eigenvalue weighted by Gasteiger charge is 2.10. The zero-order valence-electron chi connectivity index (χ0n) is 22.4. The van der Waals surface area contributed by atoms with Gasteiger partial charge in [0.25, 0.3) is 5.91 Å². The number of aromatic nitrogens is 3. The van der Waals surface area contributed by atoms with Crippen LogP contribution in [0.5, 0.6) is 5.75 Å². The quantitative estimate of drug-likeness (QED) is 0.0962. The van der Waals surface area contributed by atoms with E-state index in [1.807, 2.05) is 30.3 Å². The van der Waals surface area contributed by atoms with Gasteiger partial charge in [-0.2, -0.15) is 15.0 Å². The third-order valence-electron chi connectivity index (χ3n) is 5.66. The number of likely N-dealkylation sites (N-methyl/N-ethyl adjacent to an activating group) is 1. The summed E-state index contributed by atoms with van der Waals surface area (Å²) in [6, 6.07) is 23.4. The second-order valence-corrected chi connectivity index (χ2v) is 8.74. The molecule has 11 nitrogen and oxygen atoms in total. The molecule has 0 bridgehead atoms. The van der Waals surface area contributed by atoms with Crippen molar-refractivity contribution in [3.63, 3.8) is 0 Å². The average Bonchev–Trinajstić information content (AvgIpc) is 2.97. The molecule has 1 aromatic heterocycles. The number of hydrogen-bond donors (Lipinski definition) is 6. The number of nitrogens with zero attached hydrogens (tertiary/aromatic N) is 3. The van der Waals surface area contributed by atoms with Crippen LogP contribution in [0.4, 0.5) is 29.2 Å². The van der Waals surface area contributed by atoms with E-state index in [0.717, 1.165) is 18.7 Å². The Morgan fingerprint density at radius 2 is 1.38 bits per heavy atom. The molecule has 40 heavy (non-hydrogen) atoms. The molecule has 0 aliphatic carbocycles. The number of carbonyl (C=O) groups is 1. The third-order valence-corrected chi connectivity index (χ3v) is 5.66. The highest BCUT2D eigenvalue weighted by molar-refractivity contribution is 5.94. The molecule has 1 amide bonds. The number of anilines is 5. The van der Waals surface area contributed by atoms with Gasteiger partial charge in [-0.3, -0.25) is 4.79 Å². The van der Waals surface area contributed by atoms with Crippen LogP contribution in [0.2, 0.25) is 0 Å². The Morgan fingerprint density at radius 3 is 2.02 bits per heavy atom. The lowest BCUT2D eigenvalue weighted by atomic mass is 10.2. The normalized spacial score (nSPS) is 10.6. The lowest BCUT2D eigenvalue weighted by molar-refractivity contribution is 0.0951. The summed E-state index contributed by atoms with van der Waals surface area (Å²) in [5.74, 6) is 1.00. The van der Waals surface area contributed by atoms with Crippen LogP contribution in [0, 0.1) is 0 Å². The summed E-state index contributed by atoms with van der Waals surface area (Å²) in [5, 5.41) is 25.2. The second-order valence-electron chi connectivity index (χ2n) is 8.74. The van der Waals surface area contributed by atoms with Gasteiger partial charge in [-0.05, 0) is 60.6 Å². The summed E-state index contributed by atoms with van der Waals surface area (Å²) >= 11 is 0. The van der Waals surface area contributed by atoms with Crippen molar-refractivity contribution in [2.24, 2.45) is 0 Å². The predicted octanol–water partition coefficient (Wildman–Crippen LogP) is 4.03. The third kappa shape index (κ3) is 9.22. The summed E-state index contributed by atoms with van der Waals surface area (Å²) < 4.78 is 5.61. The molecule has 4 rings (SSSR count).